The van der Waals surface area contributed by atoms with Crippen molar-refractivity contribution in [1.29, 1.82) is 5.26 Å². The molecule has 1 aromatic carbocycles. The monoisotopic (exact) mass is 281 g/mol. The number of benzene rings is 1. The number of oxime groups is 1. The predicted molar refractivity (Wildman–Crippen MR) is 66.6 cm³/mol. The van der Waals surface area contributed by atoms with Gasteiger partial charge in [0.2, 0.25) is 5.71 Å². The number of hydrogen-bond donors (Lipinski definition) is 1. The molecule has 1 aromatic rings. The van der Waals surface area contributed by atoms with Gasteiger partial charge in [-0.2, -0.15) is 13.7 Å². The molecular weight excluding hydrogens is 270 g/mol. The Bertz CT molecular complexity index is 642. The van der Waals surface area contributed by atoms with Crippen molar-refractivity contribution in [3.63, 3.8) is 0 Å². The van der Waals surface area contributed by atoms with Crippen molar-refractivity contribution >= 4 is 21.7 Å². The molecule has 0 spiro atoms. The number of amides is 1. The Hall–Kier alpha value is -2.40. The minimum Gasteiger partial charge on any atom is -0.353 e. The number of nitriles is 1. The Morgan fingerprint density at radius 2 is 1.95 bits per heavy atom. The molecule has 0 radical (unpaired) electrons. The molecule has 0 saturated heterocycles. The zero-order valence-electron chi connectivity index (χ0n) is 10.2. The molecule has 0 bridgehead atoms. The van der Waals surface area contributed by atoms with Crippen LogP contribution in [0.15, 0.2) is 34.3 Å². The summed E-state index contributed by atoms with van der Waals surface area (Å²) < 4.78 is 27.7. The number of hydrogen-bond acceptors (Lipinski definition) is 6. The largest absolute Gasteiger partial charge is 0.358 e. The zero-order valence-corrected chi connectivity index (χ0v) is 11.1. The Balaban J connectivity index is 2.98. The smallest absolute Gasteiger partial charge is 0.353 e. The molecule has 0 aliphatic carbocycles. The minimum atomic E-state index is -4.14. The van der Waals surface area contributed by atoms with Crippen molar-refractivity contribution < 1.29 is 17.5 Å². The summed E-state index contributed by atoms with van der Waals surface area (Å²) in [6.45, 7) is 1.80. The van der Waals surface area contributed by atoms with Crippen LogP contribution in [0.25, 0.3) is 0 Å². The van der Waals surface area contributed by atoms with Crippen LogP contribution in [0, 0.1) is 18.3 Å². The number of aryl methyl sites for hydroxylation is 1. The molecular formula is C11H11N3O4S. The fourth-order valence-electron chi connectivity index (χ4n) is 1.07. The second-order valence-corrected chi connectivity index (χ2v) is 5.00. The van der Waals surface area contributed by atoms with Gasteiger partial charge in [-0.3, -0.25) is 9.08 Å². The van der Waals surface area contributed by atoms with Gasteiger partial charge in [0.25, 0.3) is 5.91 Å². The molecule has 0 atom stereocenters. The third-order valence-electron chi connectivity index (χ3n) is 2.08. The van der Waals surface area contributed by atoms with E-state index in [0.717, 1.165) is 5.56 Å². The maximum Gasteiger partial charge on any atom is 0.358 e. The van der Waals surface area contributed by atoms with Crippen molar-refractivity contribution in [1.82, 2.24) is 5.32 Å². The van der Waals surface area contributed by atoms with Gasteiger partial charge in [-0.25, -0.2) is 0 Å². The number of carbonyl (C=O) groups is 1. The maximum absolute atomic E-state index is 11.7. The second-order valence-electron chi connectivity index (χ2n) is 3.47. The lowest BCUT2D eigenvalue weighted by molar-refractivity contribution is -0.114. The van der Waals surface area contributed by atoms with Crippen LogP contribution >= 0.6 is 0 Å². The molecule has 0 aliphatic heterocycles. The van der Waals surface area contributed by atoms with Gasteiger partial charge >= 0.3 is 10.1 Å². The number of nitrogens with zero attached hydrogens (tertiary/aromatic N) is 2. The lowest BCUT2D eigenvalue weighted by Crippen LogP contribution is -2.26. The summed E-state index contributed by atoms with van der Waals surface area (Å²) in [4.78, 5) is 11.0. The summed E-state index contributed by atoms with van der Waals surface area (Å²) in [5.41, 5.74) is 0.198. The minimum absolute atomic E-state index is 0.115. The normalized spacial score (nSPS) is 11.5. The first kappa shape index (κ1) is 14.7. The highest BCUT2D eigenvalue weighted by molar-refractivity contribution is 7.86. The molecule has 1 amide bonds. The summed E-state index contributed by atoms with van der Waals surface area (Å²) >= 11 is 0. The van der Waals surface area contributed by atoms with Gasteiger partial charge in [0.05, 0.1) is 0 Å². The summed E-state index contributed by atoms with van der Waals surface area (Å²) in [5, 5.41) is 13.8. The average Bonchev–Trinajstić information content (AvgIpc) is 2.39. The van der Waals surface area contributed by atoms with Gasteiger partial charge in [-0.1, -0.05) is 17.7 Å². The van der Waals surface area contributed by atoms with Crippen LogP contribution in [0.5, 0.6) is 0 Å². The molecule has 1 N–H and O–H groups in total. The third-order valence-corrected chi connectivity index (χ3v) is 3.20. The first-order valence-corrected chi connectivity index (χ1v) is 6.52. The van der Waals surface area contributed by atoms with Crippen LogP contribution in [0.3, 0.4) is 0 Å². The van der Waals surface area contributed by atoms with E-state index in [-0.39, 0.29) is 4.90 Å². The van der Waals surface area contributed by atoms with E-state index in [2.05, 4.69) is 14.8 Å². The zero-order chi connectivity index (χ0) is 14.5. The van der Waals surface area contributed by atoms with Gasteiger partial charge < -0.3 is 5.32 Å². The summed E-state index contributed by atoms with van der Waals surface area (Å²) in [7, 11) is -2.86. The summed E-state index contributed by atoms with van der Waals surface area (Å²) in [6, 6.07) is 7.29. The van der Waals surface area contributed by atoms with Gasteiger partial charge in [0.1, 0.15) is 11.0 Å². The highest BCUT2D eigenvalue weighted by Gasteiger charge is 2.17. The second kappa shape index (κ2) is 5.97. The molecule has 0 heterocycles. The molecule has 0 aliphatic rings. The lowest BCUT2D eigenvalue weighted by atomic mass is 10.2. The number of rotatable bonds is 4. The van der Waals surface area contributed by atoms with Gasteiger partial charge in [0, 0.05) is 7.05 Å². The van der Waals surface area contributed by atoms with Crippen LogP contribution in [-0.4, -0.2) is 27.1 Å². The van der Waals surface area contributed by atoms with E-state index in [9.17, 15) is 13.2 Å². The SMILES string of the molecule is CNC(=O)/C(C#N)=N/OS(=O)(=O)c1ccc(C)cc1. The van der Waals surface area contributed by atoms with E-state index in [1.54, 1.807) is 19.1 Å². The Kier molecular flexibility index (Phi) is 4.61. The van der Waals surface area contributed by atoms with Crippen LogP contribution in [0.4, 0.5) is 0 Å². The standard InChI is InChI=1S/C11H11N3O4S/c1-8-3-5-9(6-4-8)19(16,17)18-14-10(7-12)11(15)13-2/h3-6H,1-2H3,(H,13,15)/b14-10+. The van der Waals surface area contributed by atoms with E-state index < -0.39 is 21.7 Å². The van der Waals surface area contributed by atoms with E-state index in [4.69, 9.17) is 5.26 Å². The van der Waals surface area contributed by atoms with Crippen molar-refractivity contribution in [2.24, 2.45) is 5.16 Å². The number of carbonyl (C=O) groups excluding carboxylic acids is 1. The Labute approximate surface area is 110 Å². The Morgan fingerprint density at radius 1 is 1.37 bits per heavy atom. The molecule has 19 heavy (non-hydrogen) atoms. The van der Waals surface area contributed by atoms with Crippen molar-refractivity contribution in [3.05, 3.63) is 29.8 Å². The highest BCUT2D eigenvalue weighted by atomic mass is 32.2. The average molecular weight is 281 g/mol. The highest BCUT2D eigenvalue weighted by Crippen LogP contribution is 2.13. The molecule has 8 heteroatoms. The Morgan fingerprint density at radius 3 is 2.42 bits per heavy atom. The van der Waals surface area contributed by atoms with Crippen LogP contribution in [-0.2, 0) is 19.2 Å². The molecule has 0 fully saturated rings. The van der Waals surface area contributed by atoms with Gasteiger partial charge in [0.15, 0.2) is 0 Å². The van der Waals surface area contributed by atoms with Crippen LogP contribution < -0.4 is 5.32 Å². The quantitative estimate of drug-likeness (QED) is 0.631. The van der Waals surface area contributed by atoms with Crippen molar-refractivity contribution in [2.75, 3.05) is 7.05 Å². The van der Waals surface area contributed by atoms with Gasteiger partial charge in [-0.15, -0.1) is 0 Å². The predicted octanol–water partition coefficient (Wildman–Crippen LogP) is 0.326. The molecule has 1 rings (SSSR count). The molecule has 0 unspecified atom stereocenters. The first-order valence-electron chi connectivity index (χ1n) is 5.11. The maximum atomic E-state index is 11.7. The fourth-order valence-corrected chi connectivity index (χ4v) is 1.79. The van der Waals surface area contributed by atoms with Crippen LogP contribution in [0.2, 0.25) is 0 Å². The van der Waals surface area contributed by atoms with E-state index in [1.165, 1.54) is 25.2 Å². The molecule has 0 aromatic heterocycles. The topological polar surface area (TPSA) is 109 Å². The third kappa shape index (κ3) is 3.79. The fraction of sp³-hybridized carbons (Fsp3) is 0.182. The van der Waals surface area contributed by atoms with Gasteiger partial charge in [-0.05, 0) is 24.2 Å². The van der Waals surface area contributed by atoms with E-state index in [0.29, 0.717) is 0 Å². The van der Waals surface area contributed by atoms with E-state index >= 15 is 0 Å². The molecule has 0 saturated carbocycles. The van der Waals surface area contributed by atoms with Crippen molar-refractivity contribution in [3.8, 4) is 6.07 Å². The van der Waals surface area contributed by atoms with Crippen molar-refractivity contribution in [2.45, 2.75) is 11.8 Å². The summed E-state index contributed by atoms with van der Waals surface area (Å²) in [5.74, 6) is -0.832. The molecule has 100 valence electrons. The first-order chi connectivity index (χ1) is 8.90. The van der Waals surface area contributed by atoms with Crippen LogP contribution in [0.1, 0.15) is 5.56 Å². The lowest BCUT2D eigenvalue weighted by Gasteiger charge is -2.02. The van der Waals surface area contributed by atoms with E-state index in [1.807, 2.05) is 0 Å². The summed E-state index contributed by atoms with van der Waals surface area (Å²) in [6.07, 6.45) is 0. The number of nitrogens with one attached hydrogen (secondary N) is 1. The molecule has 7 nitrogen and oxygen atoms in total.